The third-order valence-electron chi connectivity index (χ3n) is 4.03. The molecule has 0 bridgehead atoms. The van der Waals surface area contributed by atoms with Gasteiger partial charge in [0, 0.05) is 6.04 Å². The topological polar surface area (TPSA) is 21.3 Å². The molecule has 100 valence electrons. The second kappa shape index (κ2) is 6.79. The molecule has 1 fully saturated rings. The van der Waals surface area contributed by atoms with Crippen LogP contribution in [0.2, 0.25) is 0 Å². The quantitative estimate of drug-likeness (QED) is 0.851. The molecule has 2 nitrogen and oxygen atoms in total. The summed E-state index contributed by atoms with van der Waals surface area (Å²) >= 11 is 0. The molecular weight excluding hydrogens is 222 g/mol. The first-order valence-corrected chi connectivity index (χ1v) is 7.17. The minimum Gasteiger partial charge on any atom is -0.497 e. The van der Waals surface area contributed by atoms with Crippen molar-refractivity contribution in [3.05, 3.63) is 29.8 Å². The second-order valence-corrected chi connectivity index (χ2v) is 5.41. The maximum Gasteiger partial charge on any atom is 0.119 e. The van der Waals surface area contributed by atoms with Gasteiger partial charge in [-0.05, 0) is 49.9 Å². The lowest BCUT2D eigenvalue weighted by Gasteiger charge is -2.24. The summed E-state index contributed by atoms with van der Waals surface area (Å²) in [7, 11) is 1.72. The van der Waals surface area contributed by atoms with Crippen molar-refractivity contribution in [2.24, 2.45) is 5.92 Å². The fourth-order valence-electron chi connectivity index (χ4n) is 2.76. The van der Waals surface area contributed by atoms with Crippen molar-refractivity contribution in [2.75, 3.05) is 13.7 Å². The van der Waals surface area contributed by atoms with Crippen LogP contribution in [0.1, 0.15) is 50.6 Å². The summed E-state index contributed by atoms with van der Waals surface area (Å²) in [6.07, 6.45) is 7.07. The Hall–Kier alpha value is -1.02. The van der Waals surface area contributed by atoms with Crippen LogP contribution in [0.4, 0.5) is 0 Å². The molecular formula is C16H25NO. The molecule has 1 atom stereocenters. The van der Waals surface area contributed by atoms with Gasteiger partial charge in [0.05, 0.1) is 7.11 Å². The maximum absolute atomic E-state index is 5.27. The Bertz CT molecular complexity index is 358. The van der Waals surface area contributed by atoms with E-state index in [1.165, 1.54) is 37.7 Å². The molecule has 1 aromatic rings. The van der Waals surface area contributed by atoms with Gasteiger partial charge in [-0.2, -0.15) is 0 Å². The predicted octanol–water partition coefficient (Wildman–Crippen LogP) is 3.93. The van der Waals surface area contributed by atoms with E-state index in [0.29, 0.717) is 6.04 Å². The lowest BCUT2D eigenvalue weighted by molar-refractivity contribution is 0.331. The van der Waals surface area contributed by atoms with Crippen LogP contribution < -0.4 is 10.1 Å². The summed E-state index contributed by atoms with van der Waals surface area (Å²) in [5.41, 5.74) is 1.31. The van der Waals surface area contributed by atoms with E-state index in [1.807, 2.05) is 6.07 Å². The van der Waals surface area contributed by atoms with Crippen LogP contribution in [0.15, 0.2) is 24.3 Å². The molecule has 2 heteroatoms. The molecule has 1 saturated carbocycles. The smallest absolute Gasteiger partial charge is 0.119 e. The van der Waals surface area contributed by atoms with E-state index in [0.717, 1.165) is 18.2 Å². The minimum atomic E-state index is 0.405. The predicted molar refractivity (Wildman–Crippen MR) is 76.0 cm³/mol. The molecule has 18 heavy (non-hydrogen) atoms. The number of hydrogen-bond acceptors (Lipinski definition) is 2. The molecule has 0 unspecified atom stereocenters. The summed E-state index contributed by atoms with van der Waals surface area (Å²) in [6.45, 7) is 3.38. The zero-order chi connectivity index (χ0) is 12.8. The van der Waals surface area contributed by atoms with Crippen molar-refractivity contribution in [1.82, 2.24) is 5.32 Å². The molecule has 1 N–H and O–H groups in total. The number of ether oxygens (including phenoxy) is 1. The molecule has 1 aliphatic carbocycles. The number of nitrogens with one attached hydrogen (secondary N) is 1. The molecule has 0 saturated heterocycles. The van der Waals surface area contributed by atoms with Crippen molar-refractivity contribution in [3.8, 4) is 5.75 Å². The van der Waals surface area contributed by atoms with Gasteiger partial charge in [-0.1, -0.05) is 31.4 Å². The Labute approximate surface area is 111 Å². The monoisotopic (exact) mass is 247 g/mol. The van der Waals surface area contributed by atoms with Crippen LogP contribution in [0.3, 0.4) is 0 Å². The summed E-state index contributed by atoms with van der Waals surface area (Å²) in [5, 5.41) is 3.66. The average molecular weight is 247 g/mol. The molecule has 0 spiro atoms. The van der Waals surface area contributed by atoms with Crippen LogP contribution >= 0.6 is 0 Å². The maximum atomic E-state index is 5.27. The first-order chi connectivity index (χ1) is 8.79. The Morgan fingerprint density at radius 2 is 2.06 bits per heavy atom. The zero-order valence-corrected chi connectivity index (χ0v) is 11.6. The van der Waals surface area contributed by atoms with Crippen molar-refractivity contribution in [3.63, 3.8) is 0 Å². The average Bonchev–Trinajstić information content (AvgIpc) is 2.46. The summed E-state index contributed by atoms with van der Waals surface area (Å²) in [6, 6.07) is 8.76. The van der Waals surface area contributed by atoms with Gasteiger partial charge in [0.25, 0.3) is 0 Å². The summed E-state index contributed by atoms with van der Waals surface area (Å²) in [4.78, 5) is 0. The second-order valence-electron chi connectivity index (χ2n) is 5.41. The van der Waals surface area contributed by atoms with Gasteiger partial charge in [0.1, 0.15) is 5.75 Å². The number of methoxy groups -OCH3 is 1. The molecule has 0 radical (unpaired) electrons. The SMILES string of the molecule is COc1cccc([C@H](C)NCC2CCCCC2)c1. The Morgan fingerprint density at radius 3 is 2.78 bits per heavy atom. The Balaban J connectivity index is 1.84. The highest BCUT2D eigenvalue weighted by atomic mass is 16.5. The lowest BCUT2D eigenvalue weighted by atomic mass is 9.89. The molecule has 1 aliphatic rings. The van der Waals surface area contributed by atoms with Gasteiger partial charge < -0.3 is 10.1 Å². The third-order valence-corrected chi connectivity index (χ3v) is 4.03. The number of benzene rings is 1. The van der Waals surface area contributed by atoms with E-state index >= 15 is 0 Å². The highest BCUT2D eigenvalue weighted by Gasteiger charge is 2.14. The van der Waals surface area contributed by atoms with Gasteiger partial charge in [-0.15, -0.1) is 0 Å². The van der Waals surface area contributed by atoms with Crippen LogP contribution in [-0.4, -0.2) is 13.7 Å². The summed E-state index contributed by atoms with van der Waals surface area (Å²) in [5.74, 6) is 1.82. The van der Waals surface area contributed by atoms with Crippen molar-refractivity contribution < 1.29 is 4.74 Å². The van der Waals surface area contributed by atoms with E-state index in [-0.39, 0.29) is 0 Å². The van der Waals surface area contributed by atoms with Gasteiger partial charge >= 0.3 is 0 Å². The van der Waals surface area contributed by atoms with E-state index in [1.54, 1.807) is 7.11 Å². The number of hydrogen-bond donors (Lipinski definition) is 1. The molecule has 2 rings (SSSR count). The molecule has 0 aromatic heterocycles. The van der Waals surface area contributed by atoms with E-state index < -0.39 is 0 Å². The van der Waals surface area contributed by atoms with Gasteiger partial charge in [-0.3, -0.25) is 0 Å². The number of rotatable bonds is 5. The van der Waals surface area contributed by atoms with Crippen molar-refractivity contribution in [2.45, 2.75) is 45.1 Å². The highest BCUT2D eigenvalue weighted by molar-refractivity contribution is 5.30. The molecule has 1 aromatic carbocycles. The van der Waals surface area contributed by atoms with Crippen LogP contribution in [-0.2, 0) is 0 Å². The van der Waals surface area contributed by atoms with E-state index in [9.17, 15) is 0 Å². The fourth-order valence-corrected chi connectivity index (χ4v) is 2.76. The molecule has 0 aliphatic heterocycles. The first-order valence-electron chi connectivity index (χ1n) is 7.17. The van der Waals surface area contributed by atoms with E-state index in [2.05, 4.69) is 30.4 Å². The summed E-state index contributed by atoms with van der Waals surface area (Å²) < 4.78 is 5.27. The highest BCUT2D eigenvalue weighted by Crippen LogP contribution is 2.24. The first kappa shape index (κ1) is 13.4. The van der Waals surface area contributed by atoms with Gasteiger partial charge in [-0.25, -0.2) is 0 Å². The normalized spacial score (nSPS) is 18.6. The standard InChI is InChI=1S/C16H25NO/c1-13(15-9-6-10-16(11-15)18-2)17-12-14-7-4-3-5-8-14/h6,9-11,13-14,17H,3-5,7-8,12H2,1-2H3/t13-/m0/s1. The molecule has 0 amide bonds. The van der Waals surface area contributed by atoms with Crippen molar-refractivity contribution in [1.29, 1.82) is 0 Å². The lowest BCUT2D eigenvalue weighted by Crippen LogP contribution is -2.27. The Kier molecular flexibility index (Phi) is 5.06. The third kappa shape index (κ3) is 3.74. The van der Waals surface area contributed by atoms with Crippen LogP contribution in [0, 0.1) is 5.92 Å². The molecule has 0 heterocycles. The zero-order valence-electron chi connectivity index (χ0n) is 11.6. The van der Waals surface area contributed by atoms with Crippen LogP contribution in [0.25, 0.3) is 0 Å². The van der Waals surface area contributed by atoms with E-state index in [4.69, 9.17) is 4.74 Å². The largest absolute Gasteiger partial charge is 0.497 e. The van der Waals surface area contributed by atoms with Gasteiger partial charge in [0.15, 0.2) is 0 Å². The Morgan fingerprint density at radius 1 is 1.28 bits per heavy atom. The van der Waals surface area contributed by atoms with Crippen LogP contribution in [0.5, 0.6) is 5.75 Å². The van der Waals surface area contributed by atoms with Crippen molar-refractivity contribution >= 4 is 0 Å². The minimum absolute atomic E-state index is 0.405. The fraction of sp³-hybridized carbons (Fsp3) is 0.625. The van der Waals surface area contributed by atoms with Gasteiger partial charge in [0.2, 0.25) is 0 Å².